The molecule has 0 saturated carbocycles. The number of halogens is 2. The number of likely N-dealkylation sites (tertiary alicyclic amines) is 1. The van der Waals surface area contributed by atoms with Crippen molar-refractivity contribution in [1.29, 1.82) is 0 Å². The van der Waals surface area contributed by atoms with Crippen molar-refractivity contribution in [2.45, 2.75) is 13.3 Å². The van der Waals surface area contributed by atoms with Crippen LogP contribution in [0.5, 0.6) is 0 Å². The Kier molecular flexibility index (Phi) is 3.66. The van der Waals surface area contributed by atoms with Crippen LogP contribution in [0.3, 0.4) is 0 Å². The van der Waals surface area contributed by atoms with Crippen LogP contribution in [0.1, 0.15) is 23.7 Å². The fourth-order valence-corrected chi connectivity index (χ4v) is 2.20. The van der Waals surface area contributed by atoms with E-state index < -0.39 is 11.7 Å². The minimum atomic E-state index is -0.589. The van der Waals surface area contributed by atoms with E-state index in [0.29, 0.717) is 24.5 Å². The van der Waals surface area contributed by atoms with Gasteiger partial charge in [-0.15, -0.1) is 0 Å². The Hall–Kier alpha value is -1.42. The highest BCUT2D eigenvalue weighted by Crippen LogP contribution is 2.20. The Bertz CT molecular complexity index is 504. The first-order valence-corrected chi connectivity index (χ1v) is 6.14. The molecule has 2 rings (SSSR count). The summed E-state index contributed by atoms with van der Waals surface area (Å²) in [6.07, 6.45) is 0.328. The third kappa shape index (κ3) is 2.53. The fraction of sp³-hybridized carbons (Fsp3) is 0.385. The van der Waals surface area contributed by atoms with E-state index in [4.69, 9.17) is 11.6 Å². The summed E-state index contributed by atoms with van der Waals surface area (Å²) in [6, 6.07) is 3.89. The van der Waals surface area contributed by atoms with Crippen LogP contribution < -0.4 is 0 Å². The Morgan fingerprint density at radius 3 is 2.89 bits per heavy atom. The number of carbonyl (C=O) groups is 2. The average molecular weight is 270 g/mol. The molecule has 0 bridgehead atoms. The molecule has 1 aliphatic heterocycles. The Balaban J connectivity index is 2.21. The maximum absolute atomic E-state index is 13.6. The molecular weight excluding hydrogens is 257 g/mol. The number of ketones is 1. The maximum atomic E-state index is 13.6. The zero-order chi connectivity index (χ0) is 13.3. The van der Waals surface area contributed by atoms with E-state index in [0.717, 1.165) is 0 Å². The Labute approximate surface area is 110 Å². The molecule has 1 amide bonds. The van der Waals surface area contributed by atoms with E-state index in [1.165, 1.54) is 23.1 Å². The predicted octanol–water partition coefficient (Wildman–Crippen LogP) is 2.53. The number of piperidine rings is 1. The van der Waals surface area contributed by atoms with Crippen molar-refractivity contribution < 1.29 is 14.0 Å². The first kappa shape index (κ1) is 13.0. The van der Waals surface area contributed by atoms with Crippen LogP contribution in [0.2, 0.25) is 5.02 Å². The van der Waals surface area contributed by atoms with Gasteiger partial charge in [0.25, 0.3) is 5.91 Å². The second-order valence-corrected chi connectivity index (χ2v) is 4.93. The van der Waals surface area contributed by atoms with Gasteiger partial charge < -0.3 is 4.90 Å². The molecule has 0 N–H and O–H groups in total. The lowest BCUT2D eigenvalue weighted by Crippen LogP contribution is -2.43. The number of carbonyl (C=O) groups excluding carboxylic acids is 2. The third-order valence-electron chi connectivity index (χ3n) is 3.12. The zero-order valence-corrected chi connectivity index (χ0v) is 10.7. The Morgan fingerprint density at radius 1 is 1.50 bits per heavy atom. The van der Waals surface area contributed by atoms with E-state index in [-0.39, 0.29) is 17.3 Å². The van der Waals surface area contributed by atoms with E-state index in [2.05, 4.69) is 0 Å². The van der Waals surface area contributed by atoms with Gasteiger partial charge in [-0.1, -0.05) is 18.5 Å². The van der Waals surface area contributed by atoms with Crippen molar-refractivity contribution in [3.8, 4) is 0 Å². The van der Waals surface area contributed by atoms with Crippen LogP contribution >= 0.6 is 11.6 Å². The topological polar surface area (TPSA) is 37.4 Å². The summed E-state index contributed by atoms with van der Waals surface area (Å²) in [5.74, 6) is -1.04. The minimum absolute atomic E-state index is 0.0379. The molecule has 1 aromatic carbocycles. The highest BCUT2D eigenvalue weighted by atomic mass is 35.5. The summed E-state index contributed by atoms with van der Waals surface area (Å²) in [7, 11) is 0. The van der Waals surface area contributed by atoms with Gasteiger partial charge in [-0.05, 0) is 18.2 Å². The third-order valence-corrected chi connectivity index (χ3v) is 3.35. The van der Waals surface area contributed by atoms with E-state index in [1.54, 1.807) is 6.92 Å². The normalized spacial score (nSPS) is 20.1. The molecule has 1 saturated heterocycles. The van der Waals surface area contributed by atoms with Crippen molar-refractivity contribution in [3.63, 3.8) is 0 Å². The molecule has 3 nitrogen and oxygen atoms in total. The number of rotatable bonds is 1. The molecule has 1 fully saturated rings. The number of amides is 1. The van der Waals surface area contributed by atoms with Crippen molar-refractivity contribution in [3.05, 3.63) is 34.6 Å². The van der Waals surface area contributed by atoms with Crippen LogP contribution in [-0.4, -0.2) is 29.7 Å². The van der Waals surface area contributed by atoms with Gasteiger partial charge in [0.2, 0.25) is 0 Å². The number of nitrogens with zero attached hydrogens (tertiary/aromatic N) is 1. The second-order valence-electron chi connectivity index (χ2n) is 4.49. The Morgan fingerprint density at radius 2 is 2.22 bits per heavy atom. The van der Waals surface area contributed by atoms with Gasteiger partial charge in [-0.2, -0.15) is 0 Å². The van der Waals surface area contributed by atoms with Crippen LogP contribution in [0, 0.1) is 11.7 Å². The lowest BCUT2D eigenvalue weighted by atomic mass is 9.98. The zero-order valence-electron chi connectivity index (χ0n) is 9.95. The molecule has 1 aliphatic rings. The van der Waals surface area contributed by atoms with Gasteiger partial charge in [0.05, 0.1) is 5.56 Å². The van der Waals surface area contributed by atoms with Gasteiger partial charge in [-0.3, -0.25) is 9.59 Å². The minimum Gasteiger partial charge on any atom is -0.337 e. The summed E-state index contributed by atoms with van der Waals surface area (Å²) in [4.78, 5) is 25.0. The van der Waals surface area contributed by atoms with Gasteiger partial charge in [0.1, 0.15) is 11.6 Å². The van der Waals surface area contributed by atoms with Gasteiger partial charge in [0, 0.05) is 30.5 Å². The molecule has 18 heavy (non-hydrogen) atoms. The van der Waals surface area contributed by atoms with Crippen LogP contribution in [0.15, 0.2) is 18.2 Å². The van der Waals surface area contributed by atoms with Crippen LogP contribution in [0.4, 0.5) is 4.39 Å². The molecular formula is C13H13ClFNO2. The largest absolute Gasteiger partial charge is 0.337 e. The molecule has 1 unspecified atom stereocenters. The second kappa shape index (κ2) is 5.06. The summed E-state index contributed by atoms with van der Waals surface area (Å²) < 4.78 is 13.6. The highest BCUT2D eigenvalue weighted by Gasteiger charge is 2.28. The average Bonchev–Trinajstić information content (AvgIpc) is 2.35. The highest BCUT2D eigenvalue weighted by molar-refractivity contribution is 6.31. The molecule has 96 valence electrons. The fourth-order valence-electron chi connectivity index (χ4n) is 2.03. The van der Waals surface area contributed by atoms with Crippen molar-refractivity contribution in [1.82, 2.24) is 4.90 Å². The van der Waals surface area contributed by atoms with Crippen molar-refractivity contribution in [2.75, 3.05) is 13.1 Å². The number of hydrogen-bond donors (Lipinski definition) is 0. The summed E-state index contributed by atoms with van der Waals surface area (Å²) in [5.41, 5.74) is -0.0379. The van der Waals surface area contributed by atoms with Gasteiger partial charge in [-0.25, -0.2) is 4.39 Å². The van der Waals surface area contributed by atoms with Crippen molar-refractivity contribution in [2.24, 2.45) is 5.92 Å². The lowest BCUT2D eigenvalue weighted by molar-refractivity contribution is -0.124. The smallest absolute Gasteiger partial charge is 0.256 e. The molecule has 1 atom stereocenters. The maximum Gasteiger partial charge on any atom is 0.256 e. The SMILES string of the molecule is CC1CN(C(=O)c2cc(Cl)ccc2F)CCC1=O. The molecule has 0 spiro atoms. The van der Waals surface area contributed by atoms with E-state index in [9.17, 15) is 14.0 Å². The summed E-state index contributed by atoms with van der Waals surface area (Å²) in [5, 5.41) is 0.320. The number of hydrogen-bond acceptors (Lipinski definition) is 2. The first-order chi connectivity index (χ1) is 8.49. The molecule has 0 radical (unpaired) electrons. The first-order valence-electron chi connectivity index (χ1n) is 5.76. The van der Waals surface area contributed by atoms with E-state index >= 15 is 0 Å². The molecule has 0 aliphatic carbocycles. The standard InChI is InChI=1S/C13H13ClFNO2/c1-8-7-16(5-4-12(8)17)13(18)10-6-9(14)2-3-11(10)15/h2-3,6,8H,4-5,7H2,1H3. The number of Topliss-reactive ketones (excluding diaryl/α,β-unsaturated/α-hetero) is 1. The predicted molar refractivity (Wildman–Crippen MR) is 66.1 cm³/mol. The summed E-state index contributed by atoms with van der Waals surface area (Å²) >= 11 is 5.76. The molecule has 0 aromatic heterocycles. The van der Waals surface area contributed by atoms with Gasteiger partial charge in [0.15, 0.2) is 0 Å². The van der Waals surface area contributed by atoms with Crippen LogP contribution in [-0.2, 0) is 4.79 Å². The molecule has 5 heteroatoms. The quantitative estimate of drug-likeness (QED) is 0.786. The van der Waals surface area contributed by atoms with Crippen LogP contribution in [0.25, 0.3) is 0 Å². The molecule has 1 heterocycles. The monoisotopic (exact) mass is 269 g/mol. The van der Waals surface area contributed by atoms with E-state index in [1.807, 2.05) is 0 Å². The number of benzene rings is 1. The van der Waals surface area contributed by atoms with Crippen molar-refractivity contribution >= 4 is 23.3 Å². The van der Waals surface area contributed by atoms with Gasteiger partial charge >= 0.3 is 0 Å². The summed E-state index contributed by atoms with van der Waals surface area (Å²) in [6.45, 7) is 2.45. The molecule has 1 aromatic rings. The lowest BCUT2D eigenvalue weighted by Gasteiger charge is -2.30.